The molecular formula is C22H30. The van der Waals surface area contributed by atoms with Gasteiger partial charge in [0.25, 0.3) is 0 Å². The van der Waals surface area contributed by atoms with Crippen LogP contribution in [0.5, 0.6) is 0 Å². The zero-order valence-corrected chi connectivity index (χ0v) is 14.4. The second-order valence-corrected chi connectivity index (χ2v) is 6.47. The quantitative estimate of drug-likeness (QED) is 0.510. The van der Waals surface area contributed by atoms with Gasteiger partial charge in [0.1, 0.15) is 0 Å². The molecule has 2 aromatic rings. The van der Waals surface area contributed by atoms with Crippen molar-refractivity contribution in [1.29, 1.82) is 0 Å². The Morgan fingerprint density at radius 2 is 1.27 bits per heavy atom. The van der Waals surface area contributed by atoms with Gasteiger partial charge in [0.15, 0.2) is 0 Å². The number of aryl methyl sites for hydroxylation is 1. The molecule has 0 spiro atoms. The molecule has 0 unspecified atom stereocenters. The summed E-state index contributed by atoms with van der Waals surface area (Å²) in [7, 11) is 0. The molecule has 0 aliphatic carbocycles. The van der Waals surface area contributed by atoms with E-state index in [9.17, 15) is 0 Å². The lowest BCUT2D eigenvalue weighted by atomic mass is 9.67. The first-order chi connectivity index (χ1) is 10.7. The van der Waals surface area contributed by atoms with E-state index in [4.69, 9.17) is 0 Å². The molecule has 0 aliphatic heterocycles. The van der Waals surface area contributed by atoms with E-state index in [0.717, 1.165) is 0 Å². The predicted octanol–water partition coefficient (Wildman–Crippen LogP) is 6.66. The highest BCUT2D eigenvalue weighted by atomic mass is 14.4. The highest BCUT2D eigenvalue weighted by Gasteiger charge is 2.33. The number of hydrogen-bond acceptors (Lipinski definition) is 0. The van der Waals surface area contributed by atoms with E-state index in [0.29, 0.717) is 0 Å². The van der Waals surface area contributed by atoms with E-state index in [-0.39, 0.29) is 5.41 Å². The van der Waals surface area contributed by atoms with Gasteiger partial charge in [-0.05, 0) is 36.5 Å². The van der Waals surface area contributed by atoms with E-state index in [2.05, 4.69) is 75.4 Å². The minimum atomic E-state index is 0.179. The summed E-state index contributed by atoms with van der Waals surface area (Å²) in [5.74, 6) is 0. The van der Waals surface area contributed by atoms with Crippen LogP contribution in [0.25, 0.3) is 0 Å². The molecular weight excluding hydrogens is 264 g/mol. The molecule has 0 heteroatoms. The smallest absolute Gasteiger partial charge is 0.0205 e. The molecule has 0 aromatic heterocycles. The maximum Gasteiger partial charge on any atom is 0.0205 e. The van der Waals surface area contributed by atoms with Gasteiger partial charge in [-0.1, -0.05) is 94.1 Å². The van der Waals surface area contributed by atoms with Crippen LogP contribution in [0, 0.1) is 6.92 Å². The van der Waals surface area contributed by atoms with Crippen molar-refractivity contribution >= 4 is 0 Å². The van der Waals surface area contributed by atoms with Gasteiger partial charge in [-0.25, -0.2) is 0 Å². The van der Waals surface area contributed by atoms with Crippen molar-refractivity contribution in [3.05, 3.63) is 71.3 Å². The summed E-state index contributed by atoms with van der Waals surface area (Å²) in [5, 5.41) is 0. The van der Waals surface area contributed by atoms with Gasteiger partial charge in [-0.15, -0.1) is 0 Å². The van der Waals surface area contributed by atoms with E-state index in [1.54, 1.807) is 0 Å². The van der Waals surface area contributed by atoms with Crippen molar-refractivity contribution in [3.63, 3.8) is 0 Å². The summed E-state index contributed by atoms with van der Waals surface area (Å²) in [4.78, 5) is 0. The van der Waals surface area contributed by atoms with Crippen LogP contribution in [0.15, 0.2) is 54.6 Å². The van der Waals surface area contributed by atoms with Crippen molar-refractivity contribution in [2.75, 3.05) is 0 Å². The summed E-state index contributed by atoms with van der Waals surface area (Å²) < 4.78 is 0. The van der Waals surface area contributed by atoms with Gasteiger partial charge in [0, 0.05) is 5.41 Å². The zero-order valence-electron chi connectivity index (χ0n) is 14.4. The van der Waals surface area contributed by atoms with Crippen LogP contribution in [0.3, 0.4) is 0 Å². The van der Waals surface area contributed by atoms with Crippen LogP contribution in [-0.2, 0) is 5.41 Å². The Balaban J connectivity index is 2.56. The maximum atomic E-state index is 2.35. The average molecular weight is 294 g/mol. The molecule has 0 bridgehead atoms. The average Bonchev–Trinajstić information content (AvgIpc) is 2.57. The molecule has 0 amide bonds. The third-order valence-corrected chi connectivity index (χ3v) is 4.90. The molecule has 118 valence electrons. The van der Waals surface area contributed by atoms with Crippen molar-refractivity contribution in [3.8, 4) is 0 Å². The lowest BCUT2D eigenvalue weighted by Gasteiger charge is -2.37. The second-order valence-electron chi connectivity index (χ2n) is 6.47. The Morgan fingerprint density at radius 1 is 0.727 bits per heavy atom. The molecule has 2 rings (SSSR count). The second kappa shape index (κ2) is 8.17. The fourth-order valence-corrected chi connectivity index (χ4v) is 3.66. The van der Waals surface area contributed by atoms with E-state index < -0.39 is 0 Å². The molecule has 0 atom stereocenters. The van der Waals surface area contributed by atoms with Gasteiger partial charge in [-0.2, -0.15) is 0 Å². The lowest BCUT2D eigenvalue weighted by molar-refractivity contribution is 0.404. The third-order valence-electron chi connectivity index (χ3n) is 4.90. The highest BCUT2D eigenvalue weighted by molar-refractivity contribution is 5.43. The van der Waals surface area contributed by atoms with Gasteiger partial charge in [0.2, 0.25) is 0 Å². The van der Waals surface area contributed by atoms with E-state index >= 15 is 0 Å². The Bertz CT molecular complexity index is 545. The van der Waals surface area contributed by atoms with Crippen molar-refractivity contribution in [1.82, 2.24) is 0 Å². The van der Waals surface area contributed by atoms with Gasteiger partial charge >= 0.3 is 0 Å². The predicted molar refractivity (Wildman–Crippen MR) is 97.5 cm³/mol. The maximum absolute atomic E-state index is 2.35. The molecule has 0 saturated heterocycles. The van der Waals surface area contributed by atoms with Gasteiger partial charge in [-0.3, -0.25) is 0 Å². The fraction of sp³-hybridized carbons (Fsp3) is 0.455. The van der Waals surface area contributed by atoms with Crippen molar-refractivity contribution in [2.45, 2.75) is 64.7 Å². The SMILES string of the molecule is CCCCC(CCCC)(c1ccccc1)c1ccccc1C. The minimum absolute atomic E-state index is 0.179. The third kappa shape index (κ3) is 3.61. The first-order valence-electron chi connectivity index (χ1n) is 8.86. The van der Waals surface area contributed by atoms with Crippen LogP contribution in [0.4, 0.5) is 0 Å². The number of unbranched alkanes of at least 4 members (excludes halogenated alkanes) is 2. The van der Waals surface area contributed by atoms with Crippen LogP contribution >= 0.6 is 0 Å². The number of rotatable bonds is 8. The molecule has 0 N–H and O–H groups in total. The van der Waals surface area contributed by atoms with E-state index in [1.165, 1.54) is 55.2 Å². The molecule has 0 aliphatic rings. The van der Waals surface area contributed by atoms with Crippen molar-refractivity contribution < 1.29 is 0 Å². The summed E-state index contributed by atoms with van der Waals surface area (Å²) in [6.07, 6.45) is 7.58. The van der Waals surface area contributed by atoms with Crippen LogP contribution in [0.2, 0.25) is 0 Å². The van der Waals surface area contributed by atoms with Crippen LogP contribution in [-0.4, -0.2) is 0 Å². The highest BCUT2D eigenvalue weighted by Crippen LogP contribution is 2.42. The number of hydrogen-bond donors (Lipinski definition) is 0. The summed E-state index contributed by atoms with van der Waals surface area (Å²) in [5.41, 5.74) is 4.63. The van der Waals surface area contributed by atoms with E-state index in [1.807, 2.05) is 0 Å². The normalized spacial score (nSPS) is 11.6. The van der Waals surface area contributed by atoms with Gasteiger partial charge < -0.3 is 0 Å². The molecule has 0 heterocycles. The lowest BCUT2D eigenvalue weighted by Crippen LogP contribution is -2.29. The summed E-state index contributed by atoms with van der Waals surface area (Å²) in [6, 6.07) is 20.2. The molecule has 22 heavy (non-hydrogen) atoms. The summed E-state index contributed by atoms with van der Waals surface area (Å²) >= 11 is 0. The zero-order chi connectivity index (χ0) is 15.8. The molecule has 0 radical (unpaired) electrons. The number of benzene rings is 2. The molecule has 0 nitrogen and oxygen atoms in total. The standard InChI is InChI=1S/C22H30/c1-4-6-17-22(18-7-5-2,20-14-9-8-10-15-20)21-16-12-11-13-19(21)3/h8-16H,4-7,17-18H2,1-3H3. The molecule has 2 aromatic carbocycles. The summed E-state index contributed by atoms with van der Waals surface area (Å²) in [6.45, 7) is 6.87. The van der Waals surface area contributed by atoms with Crippen LogP contribution in [0.1, 0.15) is 69.1 Å². The monoisotopic (exact) mass is 294 g/mol. The minimum Gasteiger partial charge on any atom is -0.0654 e. The van der Waals surface area contributed by atoms with Gasteiger partial charge in [0.05, 0.1) is 0 Å². The topological polar surface area (TPSA) is 0 Å². The Kier molecular flexibility index (Phi) is 6.24. The van der Waals surface area contributed by atoms with Crippen molar-refractivity contribution in [2.24, 2.45) is 0 Å². The van der Waals surface area contributed by atoms with Crippen LogP contribution < -0.4 is 0 Å². The first-order valence-corrected chi connectivity index (χ1v) is 8.86. The Hall–Kier alpha value is -1.56. The fourth-order valence-electron chi connectivity index (χ4n) is 3.66. The Labute approximate surface area is 136 Å². The first kappa shape index (κ1) is 16.8. The largest absolute Gasteiger partial charge is 0.0654 e. The Morgan fingerprint density at radius 3 is 1.82 bits per heavy atom. The molecule has 0 saturated carbocycles. The molecule has 0 fully saturated rings.